The third-order valence-electron chi connectivity index (χ3n) is 5.19. The van der Waals surface area contributed by atoms with Crippen molar-refractivity contribution in [2.45, 2.75) is 32.0 Å². The van der Waals surface area contributed by atoms with Crippen LogP contribution in [0.4, 0.5) is 13.2 Å². The molecule has 3 aromatic rings. The molecule has 0 aliphatic rings. The van der Waals surface area contributed by atoms with E-state index in [4.69, 9.17) is 4.74 Å². The Morgan fingerprint density at radius 3 is 2.45 bits per heavy atom. The van der Waals surface area contributed by atoms with Gasteiger partial charge in [0.15, 0.2) is 0 Å². The van der Waals surface area contributed by atoms with Gasteiger partial charge in [-0.1, -0.05) is 24.3 Å². The number of aliphatic carboxylic acids is 1. The molecule has 10 heteroatoms. The van der Waals surface area contributed by atoms with Gasteiger partial charge in [0.2, 0.25) is 11.7 Å². The van der Waals surface area contributed by atoms with Gasteiger partial charge in [0, 0.05) is 19.5 Å². The summed E-state index contributed by atoms with van der Waals surface area (Å²) in [7, 11) is 1.55. The first kappa shape index (κ1) is 24.1. The van der Waals surface area contributed by atoms with Crippen LogP contribution in [-0.2, 0) is 28.7 Å². The molecule has 1 N–H and O–H groups in total. The summed E-state index contributed by atoms with van der Waals surface area (Å²) < 4.78 is 46.4. The smallest absolute Gasteiger partial charge is 0.449 e. The topological polar surface area (TPSA) is 84.7 Å². The number of carbonyl (C=O) groups excluding carboxylic acids is 1. The van der Waals surface area contributed by atoms with Crippen LogP contribution in [0.3, 0.4) is 0 Å². The number of imidazole rings is 1. The highest BCUT2D eigenvalue weighted by atomic mass is 19.4. The largest absolute Gasteiger partial charge is 0.497 e. The minimum absolute atomic E-state index is 0.0690. The summed E-state index contributed by atoms with van der Waals surface area (Å²) in [6.45, 7) is -0.365. The predicted octanol–water partition coefficient (Wildman–Crippen LogP) is 4.00. The normalized spacial score (nSPS) is 11.5. The van der Waals surface area contributed by atoms with Crippen LogP contribution in [0.15, 0.2) is 48.5 Å². The van der Waals surface area contributed by atoms with E-state index in [0.717, 1.165) is 10.1 Å². The lowest BCUT2D eigenvalue weighted by atomic mass is 10.1. The number of aromatic nitrogens is 2. The highest BCUT2D eigenvalue weighted by Gasteiger charge is 2.37. The first-order chi connectivity index (χ1) is 15.7. The quantitative estimate of drug-likeness (QED) is 0.491. The highest BCUT2D eigenvalue weighted by Crippen LogP contribution is 2.31. The summed E-state index contributed by atoms with van der Waals surface area (Å²) in [5, 5.41) is 9.17. The number of nitrogens with zero attached hydrogens (tertiary/aromatic N) is 3. The maximum Gasteiger partial charge on any atom is 0.449 e. The second-order valence-corrected chi connectivity index (χ2v) is 7.48. The van der Waals surface area contributed by atoms with Crippen LogP contribution in [0.25, 0.3) is 11.0 Å². The zero-order valence-electron chi connectivity index (χ0n) is 18.0. The van der Waals surface area contributed by atoms with Gasteiger partial charge in [-0.3, -0.25) is 9.59 Å². The van der Waals surface area contributed by atoms with Gasteiger partial charge in [0.05, 0.1) is 18.1 Å². The summed E-state index contributed by atoms with van der Waals surface area (Å²) in [4.78, 5) is 28.8. The maximum absolute atomic E-state index is 13.4. The van der Waals surface area contributed by atoms with Crippen molar-refractivity contribution in [2.75, 3.05) is 20.2 Å². The first-order valence-corrected chi connectivity index (χ1v) is 10.3. The third-order valence-corrected chi connectivity index (χ3v) is 5.19. The van der Waals surface area contributed by atoms with Crippen LogP contribution in [0.5, 0.6) is 5.75 Å². The number of aryl methyl sites for hydroxylation is 1. The molecule has 1 aromatic heterocycles. The second-order valence-electron chi connectivity index (χ2n) is 7.48. The molecular weight excluding hydrogens is 439 g/mol. The van der Waals surface area contributed by atoms with Crippen LogP contribution in [-0.4, -0.2) is 51.6 Å². The predicted molar refractivity (Wildman–Crippen MR) is 115 cm³/mol. The van der Waals surface area contributed by atoms with Gasteiger partial charge in [0.1, 0.15) is 12.3 Å². The molecule has 33 heavy (non-hydrogen) atoms. The van der Waals surface area contributed by atoms with Crippen molar-refractivity contribution in [3.05, 3.63) is 59.9 Å². The Labute approximate surface area is 188 Å². The van der Waals surface area contributed by atoms with E-state index >= 15 is 0 Å². The number of alkyl halides is 3. The lowest BCUT2D eigenvalue weighted by Crippen LogP contribution is -2.37. The van der Waals surface area contributed by atoms with Gasteiger partial charge in [0.25, 0.3) is 0 Å². The van der Waals surface area contributed by atoms with Gasteiger partial charge in [-0.2, -0.15) is 13.2 Å². The van der Waals surface area contributed by atoms with Crippen LogP contribution in [0, 0.1) is 0 Å². The number of carboxylic acids is 1. The monoisotopic (exact) mass is 463 g/mol. The molecule has 0 saturated heterocycles. The Balaban J connectivity index is 1.65. The number of benzene rings is 2. The summed E-state index contributed by atoms with van der Waals surface area (Å²) in [5.41, 5.74) is 1.46. The number of ether oxygens (including phenoxy) is 1. The Kier molecular flexibility index (Phi) is 7.57. The van der Waals surface area contributed by atoms with E-state index in [9.17, 15) is 27.9 Å². The Morgan fingerprint density at radius 1 is 1.12 bits per heavy atom. The number of methoxy groups -OCH3 is 1. The van der Waals surface area contributed by atoms with E-state index in [1.165, 1.54) is 11.0 Å². The van der Waals surface area contributed by atoms with Gasteiger partial charge in [-0.25, -0.2) is 4.98 Å². The Hall–Kier alpha value is -3.56. The minimum Gasteiger partial charge on any atom is -0.497 e. The minimum atomic E-state index is -4.63. The Bertz CT molecular complexity index is 1110. The summed E-state index contributed by atoms with van der Waals surface area (Å²) in [6, 6.07) is 13.5. The summed E-state index contributed by atoms with van der Waals surface area (Å²) >= 11 is 0. The average molecular weight is 463 g/mol. The lowest BCUT2D eigenvalue weighted by Gasteiger charge is -2.21. The number of hydrogen-bond acceptors (Lipinski definition) is 4. The van der Waals surface area contributed by atoms with Crippen molar-refractivity contribution in [3.8, 4) is 5.75 Å². The van der Waals surface area contributed by atoms with E-state index in [0.29, 0.717) is 17.7 Å². The molecule has 0 spiro atoms. The standard InChI is InChI=1S/C23H24F3N3O4/c1-33-17-10-8-16(9-11-17)12-14-28(15-21(31)32)20(30)7-4-13-29-19-6-3-2-5-18(19)27-22(29)23(24,25)26/h2-3,5-6,8-11H,4,7,12-15H2,1H3,(H,31,32). The molecule has 0 radical (unpaired) electrons. The molecule has 0 saturated carbocycles. The zero-order chi connectivity index (χ0) is 24.0. The number of carbonyl (C=O) groups is 2. The van der Waals surface area contributed by atoms with Crippen molar-refractivity contribution < 1.29 is 32.6 Å². The molecule has 0 aliphatic heterocycles. The lowest BCUT2D eigenvalue weighted by molar-refractivity contribution is -0.147. The first-order valence-electron chi connectivity index (χ1n) is 10.3. The molecule has 2 aromatic carbocycles. The van der Waals surface area contributed by atoms with Crippen LogP contribution in [0.1, 0.15) is 24.2 Å². The van der Waals surface area contributed by atoms with Gasteiger partial charge < -0.3 is 19.3 Å². The number of fused-ring (bicyclic) bond motifs is 1. The molecule has 0 aliphatic carbocycles. The van der Waals surface area contributed by atoms with Crippen LogP contribution in [0.2, 0.25) is 0 Å². The van der Waals surface area contributed by atoms with Crippen molar-refractivity contribution in [1.29, 1.82) is 0 Å². The van der Waals surface area contributed by atoms with E-state index in [-0.39, 0.29) is 31.4 Å². The van der Waals surface area contributed by atoms with E-state index < -0.39 is 30.4 Å². The highest BCUT2D eigenvalue weighted by molar-refractivity contribution is 5.81. The fourth-order valence-corrected chi connectivity index (χ4v) is 3.58. The van der Waals surface area contributed by atoms with Gasteiger partial charge in [-0.15, -0.1) is 0 Å². The van der Waals surface area contributed by atoms with E-state index in [2.05, 4.69) is 4.98 Å². The summed E-state index contributed by atoms with van der Waals surface area (Å²) in [5.74, 6) is -1.91. The van der Waals surface area contributed by atoms with E-state index in [1.807, 2.05) is 12.1 Å². The van der Waals surface area contributed by atoms with Crippen molar-refractivity contribution >= 4 is 22.9 Å². The number of para-hydroxylation sites is 2. The van der Waals surface area contributed by atoms with Gasteiger partial charge >= 0.3 is 12.1 Å². The number of rotatable bonds is 10. The third kappa shape index (κ3) is 6.24. The van der Waals surface area contributed by atoms with E-state index in [1.54, 1.807) is 37.4 Å². The summed E-state index contributed by atoms with van der Waals surface area (Å²) in [6.07, 6.45) is -4.16. The molecule has 1 heterocycles. The second kappa shape index (κ2) is 10.4. The number of halogens is 3. The van der Waals surface area contributed by atoms with Crippen LogP contribution >= 0.6 is 0 Å². The number of carboxylic acid groups (broad SMARTS) is 1. The molecule has 0 bridgehead atoms. The zero-order valence-corrected chi connectivity index (χ0v) is 18.0. The van der Waals surface area contributed by atoms with Gasteiger partial charge in [-0.05, 0) is 42.7 Å². The number of hydrogen-bond donors (Lipinski definition) is 1. The van der Waals surface area contributed by atoms with Crippen molar-refractivity contribution in [2.24, 2.45) is 0 Å². The molecule has 176 valence electrons. The van der Waals surface area contributed by atoms with Crippen molar-refractivity contribution in [1.82, 2.24) is 14.5 Å². The molecule has 7 nitrogen and oxygen atoms in total. The molecule has 0 unspecified atom stereocenters. The maximum atomic E-state index is 13.4. The molecule has 0 atom stereocenters. The average Bonchev–Trinajstić information content (AvgIpc) is 3.16. The molecule has 3 rings (SSSR count). The fourth-order valence-electron chi connectivity index (χ4n) is 3.58. The Morgan fingerprint density at radius 2 is 1.82 bits per heavy atom. The SMILES string of the molecule is COc1ccc(CCN(CC(=O)O)C(=O)CCCn2c(C(F)(F)F)nc3ccccc32)cc1. The molecular formula is C23H24F3N3O4. The molecule has 0 fully saturated rings. The fraction of sp³-hybridized carbons (Fsp3) is 0.348. The number of amides is 1. The van der Waals surface area contributed by atoms with Crippen LogP contribution < -0.4 is 4.74 Å². The van der Waals surface area contributed by atoms with Crippen molar-refractivity contribution in [3.63, 3.8) is 0 Å². The molecule has 1 amide bonds.